The number of ether oxygens (including phenoxy) is 1. The summed E-state index contributed by atoms with van der Waals surface area (Å²) in [5.74, 6) is -0.783. The lowest BCUT2D eigenvalue weighted by atomic mass is 9.95. The van der Waals surface area contributed by atoms with Crippen molar-refractivity contribution < 1.29 is 18.7 Å². The third-order valence-electron chi connectivity index (χ3n) is 3.71. The number of anilines is 1. The van der Waals surface area contributed by atoms with Crippen molar-refractivity contribution >= 4 is 29.0 Å². The van der Waals surface area contributed by atoms with Crippen LogP contribution in [0.4, 0.5) is 5.95 Å². The number of fused-ring (bicyclic) bond motifs is 1. The summed E-state index contributed by atoms with van der Waals surface area (Å²) in [4.78, 5) is 26.1. The topological polar surface area (TPSA) is 112 Å². The minimum Gasteiger partial charge on any atom is -0.464 e. The first-order valence-electron chi connectivity index (χ1n) is 7.19. The second-order valence-electron chi connectivity index (χ2n) is 5.08. The summed E-state index contributed by atoms with van der Waals surface area (Å²) in [5.41, 5.74) is 0.147. The number of nitrogens with zero attached hydrogens (tertiary/aromatic N) is 4. The molecular formula is C15H11N5O4S. The zero-order chi connectivity index (χ0) is 17.4. The molecule has 0 radical (unpaired) electrons. The summed E-state index contributed by atoms with van der Waals surface area (Å²) in [6, 6.07) is 6.16. The molecule has 0 saturated carbocycles. The van der Waals surface area contributed by atoms with E-state index in [-0.39, 0.29) is 23.0 Å². The van der Waals surface area contributed by atoms with Crippen LogP contribution in [0.1, 0.15) is 21.5 Å². The molecule has 10 heteroatoms. The molecule has 0 aromatic carbocycles. The van der Waals surface area contributed by atoms with Crippen LogP contribution in [0.3, 0.4) is 0 Å². The number of allylic oxidation sites excluding steroid dienone is 1. The van der Waals surface area contributed by atoms with E-state index in [4.69, 9.17) is 9.15 Å². The smallest absolute Gasteiger partial charge is 0.355 e. The fourth-order valence-corrected chi connectivity index (χ4v) is 3.46. The molecule has 1 N–H and O–H groups in total. The Bertz CT molecular complexity index is 958. The van der Waals surface area contributed by atoms with Crippen molar-refractivity contribution in [1.29, 1.82) is 0 Å². The number of hydrogen-bond acceptors (Lipinski definition) is 9. The van der Waals surface area contributed by atoms with Crippen molar-refractivity contribution in [3.63, 3.8) is 0 Å². The maximum absolute atomic E-state index is 13.1. The molecule has 0 spiro atoms. The molecule has 25 heavy (non-hydrogen) atoms. The molecule has 0 bridgehead atoms. The SMILES string of the molecule is COC(=O)C1=C(C(=O)c2ccco2)C(c2cccs2)n2nnnc2N1. The van der Waals surface area contributed by atoms with Gasteiger partial charge in [-0.25, -0.2) is 4.79 Å². The Kier molecular flexibility index (Phi) is 3.65. The molecule has 0 saturated heterocycles. The van der Waals surface area contributed by atoms with E-state index in [2.05, 4.69) is 20.8 Å². The van der Waals surface area contributed by atoms with Gasteiger partial charge in [-0.05, 0) is 34.0 Å². The van der Waals surface area contributed by atoms with Gasteiger partial charge in [-0.15, -0.1) is 11.3 Å². The maximum atomic E-state index is 13.1. The number of hydrogen-bond donors (Lipinski definition) is 1. The summed E-state index contributed by atoms with van der Waals surface area (Å²) in [7, 11) is 1.24. The monoisotopic (exact) mass is 357 g/mol. The van der Waals surface area contributed by atoms with Crippen LogP contribution in [0.15, 0.2) is 51.6 Å². The van der Waals surface area contributed by atoms with E-state index in [0.717, 1.165) is 4.88 Å². The maximum Gasteiger partial charge on any atom is 0.355 e. The van der Waals surface area contributed by atoms with Crippen molar-refractivity contribution in [2.75, 3.05) is 12.4 Å². The van der Waals surface area contributed by atoms with Crippen molar-refractivity contribution in [1.82, 2.24) is 20.2 Å². The Morgan fingerprint density at radius 3 is 2.92 bits per heavy atom. The molecule has 1 unspecified atom stereocenters. The Morgan fingerprint density at radius 2 is 2.24 bits per heavy atom. The van der Waals surface area contributed by atoms with Gasteiger partial charge in [0, 0.05) is 4.88 Å². The molecule has 4 heterocycles. The lowest BCUT2D eigenvalue weighted by Crippen LogP contribution is -2.32. The van der Waals surface area contributed by atoms with Crippen molar-refractivity contribution in [3.8, 4) is 0 Å². The predicted molar refractivity (Wildman–Crippen MR) is 86.0 cm³/mol. The second-order valence-corrected chi connectivity index (χ2v) is 6.06. The lowest BCUT2D eigenvalue weighted by molar-refractivity contribution is -0.136. The average Bonchev–Trinajstić information content (AvgIpc) is 3.40. The Morgan fingerprint density at radius 1 is 1.36 bits per heavy atom. The van der Waals surface area contributed by atoms with Crippen LogP contribution in [-0.2, 0) is 9.53 Å². The third-order valence-corrected chi connectivity index (χ3v) is 4.63. The number of ketones is 1. The number of rotatable bonds is 4. The molecule has 4 rings (SSSR count). The zero-order valence-electron chi connectivity index (χ0n) is 12.9. The van der Waals surface area contributed by atoms with Gasteiger partial charge in [-0.1, -0.05) is 11.2 Å². The first-order valence-corrected chi connectivity index (χ1v) is 8.07. The van der Waals surface area contributed by atoms with Gasteiger partial charge in [-0.3, -0.25) is 4.79 Å². The predicted octanol–water partition coefficient (Wildman–Crippen LogP) is 1.65. The van der Waals surface area contributed by atoms with E-state index in [1.807, 2.05) is 17.5 Å². The fraction of sp³-hybridized carbons (Fsp3) is 0.133. The van der Waals surface area contributed by atoms with Crippen LogP contribution in [0.5, 0.6) is 0 Å². The van der Waals surface area contributed by atoms with Gasteiger partial charge in [0.2, 0.25) is 11.7 Å². The van der Waals surface area contributed by atoms with Gasteiger partial charge < -0.3 is 14.5 Å². The first-order chi connectivity index (χ1) is 12.2. The summed E-state index contributed by atoms with van der Waals surface area (Å²) in [6.45, 7) is 0. The summed E-state index contributed by atoms with van der Waals surface area (Å²) in [5, 5.41) is 16.1. The van der Waals surface area contributed by atoms with E-state index in [9.17, 15) is 9.59 Å². The molecule has 3 aromatic heterocycles. The minimum atomic E-state index is -0.689. The van der Waals surface area contributed by atoms with Crippen LogP contribution in [-0.4, -0.2) is 39.1 Å². The minimum absolute atomic E-state index is 0.00963. The van der Waals surface area contributed by atoms with Gasteiger partial charge >= 0.3 is 5.97 Å². The fourth-order valence-electron chi connectivity index (χ4n) is 2.64. The second kappa shape index (κ2) is 5.98. The molecule has 0 fully saturated rings. The quantitative estimate of drug-likeness (QED) is 0.554. The van der Waals surface area contributed by atoms with E-state index < -0.39 is 17.8 Å². The number of methoxy groups -OCH3 is 1. The molecule has 1 aliphatic rings. The highest BCUT2D eigenvalue weighted by molar-refractivity contribution is 7.10. The summed E-state index contributed by atoms with van der Waals surface area (Å²) < 4.78 is 11.5. The van der Waals surface area contributed by atoms with E-state index in [1.54, 1.807) is 6.07 Å². The Hall–Kier alpha value is -3.27. The average molecular weight is 357 g/mol. The molecule has 0 aliphatic carbocycles. The standard InChI is InChI=1S/C15H11N5O4S/c1-23-14(22)11-10(13(21)8-4-2-6-24-8)12(9-5-3-7-25-9)20-15(16-11)17-18-19-20/h2-7,12H,1H3,(H,16,17,19). The van der Waals surface area contributed by atoms with Crippen LogP contribution >= 0.6 is 11.3 Å². The van der Waals surface area contributed by atoms with Gasteiger partial charge in [-0.2, -0.15) is 4.68 Å². The van der Waals surface area contributed by atoms with E-state index in [1.165, 1.54) is 35.5 Å². The number of aromatic nitrogens is 4. The molecule has 1 aliphatic heterocycles. The molecular weight excluding hydrogens is 346 g/mol. The third kappa shape index (κ3) is 2.43. The van der Waals surface area contributed by atoms with Gasteiger partial charge in [0.05, 0.1) is 18.9 Å². The number of nitrogens with one attached hydrogen (secondary N) is 1. The Labute approximate surface area is 144 Å². The molecule has 126 valence electrons. The van der Waals surface area contributed by atoms with E-state index in [0.29, 0.717) is 0 Å². The van der Waals surface area contributed by atoms with Gasteiger partial charge in [0.25, 0.3) is 0 Å². The highest BCUT2D eigenvalue weighted by atomic mass is 32.1. The molecule has 3 aromatic rings. The molecule has 1 atom stereocenters. The number of furan rings is 1. The molecule has 0 amide bonds. The highest BCUT2D eigenvalue weighted by Crippen LogP contribution is 2.38. The number of Topliss-reactive ketones (excluding diaryl/α,β-unsaturated/α-hetero) is 1. The lowest BCUT2D eigenvalue weighted by Gasteiger charge is -2.26. The van der Waals surface area contributed by atoms with Crippen molar-refractivity contribution in [3.05, 3.63) is 57.8 Å². The van der Waals surface area contributed by atoms with Crippen LogP contribution in [0, 0.1) is 0 Å². The van der Waals surface area contributed by atoms with Crippen LogP contribution in [0.25, 0.3) is 0 Å². The highest BCUT2D eigenvalue weighted by Gasteiger charge is 2.39. The van der Waals surface area contributed by atoms with Crippen LogP contribution < -0.4 is 5.32 Å². The number of carbonyl (C=O) groups is 2. The number of tetrazole rings is 1. The number of esters is 1. The summed E-state index contributed by atoms with van der Waals surface area (Å²) >= 11 is 1.42. The number of thiophene rings is 1. The summed E-state index contributed by atoms with van der Waals surface area (Å²) in [6.07, 6.45) is 1.39. The normalized spacial score (nSPS) is 16.3. The zero-order valence-corrected chi connectivity index (χ0v) is 13.7. The van der Waals surface area contributed by atoms with E-state index >= 15 is 0 Å². The largest absolute Gasteiger partial charge is 0.464 e. The van der Waals surface area contributed by atoms with Gasteiger partial charge in [0.1, 0.15) is 11.7 Å². The van der Waals surface area contributed by atoms with Crippen molar-refractivity contribution in [2.24, 2.45) is 0 Å². The first kappa shape index (κ1) is 15.3. The Balaban J connectivity index is 1.95. The van der Waals surface area contributed by atoms with Gasteiger partial charge in [0.15, 0.2) is 5.76 Å². The molecule has 9 nitrogen and oxygen atoms in total. The number of carbonyl (C=O) groups excluding carboxylic acids is 2. The van der Waals surface area contributed by atoms with Crippen LogP contribution in [0.2, 0.25) is 0 Å². The van der Waals surface area contributed by atoms with Crippen molar-refractivity contribution in [2.45, 2.75) is 6.04 Å².